The maximum atomic E-state index is 10.7. The van der Waals surface area contributed by atoms with Gasteiger partial charge in [-0.2, -0.15) is 5.10 Å². The topological polar surface area (TPSA) is 107 Å². The van der Waals surface area contributed by atoms with Gasteiger partial charge in [-0.15, -0.1) is 0 Å². The number of H-pyrrole nitrogens is 1. The minimum atomic E-state index is -0.136. The van der Waals surface area contributed by atoms with Crippen molar-refractivity contribution in [3.63, 3.8) is 0 Å². The zero-order valence-corrected chi connectivity index (χ0v) is 14.1. The summed E-state index contributed by atoms with van der Waals surface area (Å²) >= 11 is 0. The number of aliphatic hydroxyl groups excluding tert-OH is 1. The molecular formula is C18H19N5O3. The average molecular weight is 353 g/mol. The molecule has 26 heavy (non-hydrogen) atoms. The highest BCUT2D eigenvalue weighted by atomic mass is 16.5. The smallest absolute Gasteiger partial charge is 0.184 e. The molecule has 1 aliphatic heterocycles. The molecule has 8 nitrogen and oxygen atoms in total. The molecule has 134 valence electrons. The molecule has 0 amide bonds. The summed E-state index contributed by atoms with van der Waals surface area (Å²) < 4.78 is 5.39. The molecule has 0 saturated carbocycles. The molecule has 1 fully saturated rings. The second kappa shape index (κ2) is 7.11. The summed E-state index contributed by atoms with van der Waals surface area (Å²) in [5.74, 6) is 0.963. The van der Waals surface area contributed by atoms with Crippen LogP contribution in [0.5, 0.6) is 5.75 Å². The quantitative estimate of drug-likeness (QED) is 0.653. The van der Waals surface area contributed by atoms with E-state index >= 15 is 0 Å². The fraction of sp³-hybridized carbons (Fsp3) is 0.278. The summed E-state index contributed by atoms with van der Waals surface area (Å²) in [5.41, 5.74) is 2.08. The van der Waals surface area contributed by atoms with Gasteiger partial charge in [0.1, 0.15) is 5.69 Å². The van der Waals surface area contributed by atoms with Crippen molar-refractivity contribution >= 4 is 22.8 Å². The lowest BCUT2D eigenvalue weighted by molar-refractivity contribution is 0.122. The van der Waals surface area contributed by atoms with E-state index in [9.17, 15) is 5.11 Å². The SMILES string of the molecule is OC/C=C/c1nc(-c2cccc3[nH]ncc23)nc(N2CCOCC2)c1O. The van der Waals surface area contributed by atoms with E-state index in [2.05, 4.69) is 20.2 Å². The number of hydrogen-bond donors (Lipinski definition) is 3. The second-order valence-corrected chi connectivity index (χ2v) is 5.93. The number of benzene rings is 1. The van der Waals surface area contributed by atoms with Crippen LogP contribution in [0.2, 0.25) is 0 Å². The van der Waals surface area contributed by atoms with Gasteiger partial charge in [-0.25, -0.2) is 9.97 Å². The van der Waals surface area contributed by atoms with Gasteiger partial charge in [0.15, 0.2) is 17.4 Å². The van der Waals surface area contributed by atoms with Crippen LogP contribution < -0.4 is 4.90 Å². The zero-order valence-electron chi connectivity index (χ0n) is 14.1. The van der Waals surface area contributed by atoms with Crippen LogP contribution in [-0.4, -0.2) is 63.3 Å². The van der Waals surface area contributed by atoms with E-state index in [-0.39, 0.29) is 12.4 Å². The summed E-state index contributed by atoms with van der Waals surface area (Å²) in [5, 5.41) is 27.7. The molecule has 4 rings (SSSR count). The number of morpholine rings is 1. The van der Waals surface area contributed by atoms with E-state index in [1.165, 1.54) is 6.08 Å². The van der Waals surface area contributed by atoms with Crippen LogP contribution in [0.25, 0.3) is 28.4 Å². The van der Waals surface area contributed by atoms with Crippen molar-refractivity contribution in [1.29, 1.82) is 0 Å². The molecule has 3 aromatic rings. The lowest BCUT2D eigenvalue weighted by atomic mass is 10.1. The Morgan fingerprint density at radius 2 is 2.08 bits per heavy atom. The van der Waals surface area contributed by atoms with Gasteiger partial charge in [0.25, 0.3) is 0 Å². The largest absolute Gasteiger partial charge is 0.503 e. The molecule has 2 aromatic heterocycles. The Morgan fingerprint density at radius 1 is 1.23 bits per heavy atom. The first-order chi connectivity index (χ1) is 12.8. The van der Waals surface area contributed by atoms with Crippen LogP contribution in [0.4, 0.5) is 5.82 Å². The van der Waals surface area contributed by atoms with Crippen LogP contribution >= 0.6 is 0 Å². The molecule has 3 heterocycles. The van der Waals surface area contributed by atoms with Gasteiger partial charge in [-0.1, -0.05) is 18.2 Å². The molecule has 0 aliphatic carbocycles. The molecule has 0 spiro atoms. The first-order valence-electron chi connectivity index (χ1n) is 8.41. The predicted molar refractivity (Wildman–Crippen MR) is 97.9 cm³/mol. The highest BCUT2D eigenvalue weighted by Gasteiger charge is 2.21. The molecule has 0 radical (unpaired) electrons. The number of aromatic hydroxyl groups is 1. The third-order valence-corrected chi connectivity index (χ3v) is 4.31. The number of rotatable bonds is 4. The molecule has 0 atom stereocenters. The summed E-state index contributed by atoms with van der Waals surface area (Å²) in [7, 11) is 0. The molecule has 0 bridgehead atoms. The maximum Gasteiger partial charge on any atom is 0.184 e. The Kier molecular flexibility index (Phi) is 4.51. The number of ether oxygens (including phenoxy) is 1. The molecule has 0 unspecified atom stereocenters. The summed E-state index contributed by atoms with van der Waals surface area (Å²) in [6.07, 6.45) is 4.87. The molecule has 1 aromatic carbocycles. The predicted octanol–water partition coefficient (Wildman–Crippen LogP) is 1.57. The van der Waals surface area contributed by atoms with Crippen molar-refractivity contribution in [2.45, 2.75) is 0 Å². The van der Waals surface area contributed by atoms with Crippen molar-refractivity contribution in [2.24, 2.45) is 0 Å². The minimum Gasteiger partial charge on any atom is -0.503 e. The van der Waals surface area contributed by atoms with E-state index in [0.29, 0.717) is 43.6 Å². The van der Waals surface area contributed by atoms with E-state index in [4.69, 9.17) is 9.84 Å². The number of aromatic nitrogens is 4. The van der Waals surface area contributed by atoms with Gasteiger partial charge < -0.3 is 19.8 Å². The summed E-state index contributed by atoms with van der Waals surface area (Å²) in [6.45, 7) is 2.31. The normalized spacial score (nSPS) is 15.2. The number of aliphatic hydroxyl groups is 1. The first kappa shape index (κ1) is 16.5. The Hall–Kier alpha value is -2.97. The fourth-order valence-corrected chi connectivity index (χ4v) is 3.02. The lowest BCUT2D eigenvalue weighted by Gasteiger charge is -2.28. The number of fused-ring (bicyclic) bond motifs is 1. The monoisotopic (exact) mass is 353 g/mol. The third kappa shape index (κ3) is 3.00. The maximum absolute atomic E-state index is 10.7. The second-order valence-electron chi connectivity index (χ2n) is 5.93. The lowest BCUT2D eigenvalue weighted by Crippen LogP contribution is -2.37. The molecule has 8 heteroatoms. The van der Waals surface area contributed by atoms with Gasteiger partial charge in [-0.3, -0.25) is 5.10 Å². The van der Waals surface area contributed by atoms with Crippen molar-refractivity contribution in [3.05, 3.63) is 36.2 Å². The van der Waals surface area contributed by atoms with Crippen LogP contribution in [-0.2, 0) is 4.74 Å². The minimum absolute atomic E-state index is 0.000261. The number of nitrogens with one attached hydrogen (secondary N) is 1. The molecule has 1 saturated heterocycles. The summed E-state index contributed by atoms with van der Waals surface area (Å²) in [4.78, 5) is 11.1. The first-order valence-corrected chi connectivity index (χ1v) is 8.41. The van der Waals surface area contributed by atoms with Crippen LogP contribution in [0.1, 0.15) is 5.69 Å². The Balaban J connectivity index is 1.88. The van der Waals surface area contributed by atoms with Gasteiger partial charge in [0, 0.05) is 24.0 Å². The Bertz CT molecular complexity index is 947. The van der Waals surface area contributed by atoms with Crippen molar-refractivity contribution in [3.8, 4) is 17.1 Å². The van der Waals surface area contributed by atoms with Crippen LogP contribution in [0.15, 0.2) is 30.5 Å². The highest BCUT2D eigenvalue weighted by Crippen LogP contribution is 2.34. The van der Waals surface area contributed by atoms with Crippen molar-refractivity contribution in [2.75, 3.05) is 37.8 Å². The fourth-order valence-electron chi connectivity index (χ4n) is 3.02. The van der Waals surface area contributed by atoms with Crippen LogP contribution in [0.3, 0.4) is 0 Å². The Morgan fingerprint density at radius 3 is 2.88 bits per heavy atom. The molecule has 1 aliphatic rings. The summed E-state index contributed by atoms with van der Waals surface area (Å²) in [6, 6.07) is 5.76. The van der Waals surface area contributed by atoms with E-state index in [1.807, 2.05) is 23.1 Å². The number of nitrogens with zero attached hydrogens (tertiary/aromatic N) is 4. The van der Waals surface area contributed by atoms with Crippen LogP contribution in [0, 0.1) is 0 Å². The van der Waals surface area contributed by atoms with Gasteiger partial charge in [0.05, 0.1) is 31.5 Å². The number of aromatic amines is 1. The molecular weight excluding hydrogens is 334 g/mol. The van der Waals surface area contributed by atoms with Gasteiger partial charge >= 0.3 is 0 Å². The average Bonchev–Trinajstić information content (AvgIpc) is 3.17. The van der Waals surface area contributed by atoms with E-state index in [1.54, 1.807) is 12.3 Å². The zero-order chi connectivity index (χ0) is 17.9. The van der Waals surface area contributed by atoms with Gasteiger partial charge in [-0.05, 0) is 12.1 Å². The number of hydrogen-bond acceptors (Lipinski definition) is 7. The van der Waals surface area contributed by atoms with E-state index in [0.717, 1.165) is 16.5 Å². The van der Waals surface area contributed by atoms with Crippen molar-refractivity contribution in [1.82, 2.24) is 20.2 Å². The molecule has 3 N–H and O–H groups in total. The van der Waals surface area contributed by atoms with Gasteiger partial charge in [0.2, 0.25) is 0 Å². The number of anilines is 1. The van der Waals surface area contributed by atoms with E-state index < -0.39 is 0 Å². The van der Waals surface area contributed by atoms with Crippen molar-refractivity contribution < 1.29 is 14.9 Å². The standard InChI is InChI=1S/C18H19N5O3/c24-8-2-5-15-16(25)18(23-6-9-26-10-7-23)21-17(20-15)12-3-1-4-14-13(12)11-19-22-14/h1-5,11,24-25H,6-10H2,(H,19,22)/b5-2+. The third-order valence-electron chi connectivity index (χ3n) is 4.31. The Labute approximate surface area is 149 Å². The highest BCUT2D eigenvalue weighted by molar-refractivity contribution is 5.92.